The summed E-state index contributed by atoms with van der Waals surface area (Å²) in [5.41, 5.74) is 6.86. The highest BCUT2D eigenvalue weighted by Crippen LogP contribution is 2.40. The van der Waals surface area contributed by atoms with Crippen molar-refractivity contribution in [1.82, 2.24) is 0 Å². The Labute approximate surface area is 118 Å². The lowest BCUT2D eigenvalue weighted by atomic mass is 10.1. The first kappa shape index (κ1) is 16.1. The van der Waals surface area contributed by atoms with Crippen molar-refractivity contribution in [3.8, 4) is 11.5 Å². The van der Waals surface area contributed by atoms with E-state index in [9.17, 15) is 4.39 Å². The third-order valence-corrected chi connectivity index (χ3v) is 3.97. The van der Waals surface area contributed by atoms with Gasteiger partial charge in [-0.1, -0.05) is 0 Å². The largest absolute Gasteiger partial charge is 0.495 e. The highest BCUT2D eigenvalue weighted by molar-refractivity contribution is 7.99. The molecule has 0 aliphatic rings. The van der Waals surface area contributed by atoms with Gasteiger partial charge in [0, 0.05) is 6.04 Å². The van der Waals surface area contributed by atoms with Gasteiger partial charge in [-0.05, 0) is 43.2 Å². The van der Waals surface area contributed by atoms with Crippen molar-refractivity contribution in [3.63, 3.8) is 0 Å². The fourth-order valence-electron chi connectivity index (χ4n) is 1.68. The molecule has 1 atom stereocenters. The minimum absolute atomic E-state index is 0.0756. The normalized spacial score (nSPS) is 12.3. The molecule has 108 valence electrons. The summed E-state index contributed by atoms with van der Waals surface area (Å²) in [6.45, 7) is 1.65. The van der Waals surface area contributed by atoms with Crippen LogP contribution >= 0.6 is 11.8 Å². The first-order valence-electron chi connectivity index (χ1n) is 6.34. The third kappa shape index (κ3) is 4.58. The van der Waals surface area contributed by atoms with Crippen molar-refractivity contribution < 1.29 is 13.9 Å². The quantitative estimate of drug-likeness (QED) is 0.586. The van der Waals surface area contributed by atoms with Crippen molar-refractivity contribution in [2.45, 2.75) is 30.7 Å². The van der Waals surface area contributed by atoms with Gasteiger partial charge in [-0.3, -0.25) is 4.39 Å². The average Bonchev–Trinajstić information content (AvgIpc) is 2.42. The number of benzene rings is 1. The Kier molecular flexibility index (Phi) is 7.02. The van der Waals surface area contributed by atoms with Crippen molar-refractivity contribution in [3.05, 3.63) is 17.7 Å². The summed E-state index contributed by atoms with van der Waals surface area (Å²) < 4.78 is 22.9. The van der Waals surface area contributed by atoms with E-state index in [0.717, 1.165) is 34.1 Å². The minimum atomic E-state index is -0.265. The van der Waals surface area contributed by atoms with E-state index in [0.29, 0.717) is 6.42 Å². The molecule has 19 heavy (non-hydrogen) atoms. The van der Waals surface area contributed by atoms with Gasteiger partial charge in [-0.25, -0.2) is 0 Å². The van der Waals surface area contributed by atoms with Gasteiger partial charge in [-0.2, -0.15) is 0 Å². The van der Waals surface area contributed by atoms with Crippen LogP contribution in [0.5, 0.6) is 11.5 Å². The van der Waals surface area contributed by atoms with Gasteiger partial charge in [0.2, 0.25) is 0 Å². The average molecular weight is 287 g/mol. The maximum Gasteiger partial charge on any atom is 0.136 e. The first-order valence-corrected chi connectivity index (χ1v) is 7.32. The number of hydrogen-bond acceptors (Lipinski definition) is 4. The molecule has 5 heteroatoms. The number of alkyl halides is 1. The lowest BCUT2D eigenvalue weighted by molar-refractivity contribution is 0.375. The molecule has 2 N–H and O–H groups in total. The van der Waals surface area contributed by atoms with Gasteiger partial charge in [0.15, 0.2) is 0 Å². The van der Waals surface area contributed by atoms with Crippen LogP contribution in [0, 0.1) is 0 Å². The molecule has 1 aromatic rings. The zero-order chi connectivity index (χ0) is 14.3. The van der Waals surface area contributed by atoms with Gasteiger partial charge in [-0.15, -0.1) is 11.8 Å². The summed E-state index contributed by atoms with van der Waals surface area (Å²) in [5, 5.41) is 0. The molecular formula is C14H22FNO2S. The Morgan fingerprint density at radius 1 is 1.21 bits per heavy atom. The smallest absolute Gasteiger partial charge is 0.136 e. The lowest BCUT2D eigenvalue weighted by Crippen LogP contribution is -2.06. The molecule has 1 unspecified atom stereocenters. The highest BCUT2D eigenvalue weighted by atomic mass is 32.2. The fourth-order valence-corrected chi connectivity index (χ4v) is 2.80. The zero-order valence-electron chi connectivity index (χ0n) is 11.7. The zero-order valence-corrected chi connectivity index (χ0v) is 12.6. The second-order valence-electron chi connectivity index (χ2n) is 4.29. The third-order valence-electron chi connectivity index (χ3n) is 2.78. The van der Waals surface area contributed by atoms with Crippen molar-refractivity contribution >= 4 is 11.8 Å². The maximum absolute atomic E-state index is 12.1. The summed E-state index contributed by atoms with van der Waals surface area (Å²) >= 11 is 1.63. The van der Waals surface area contributed by atoms with Crippen LogP contribution in [0.4, 0.5) is 4.39 Å². The molecule has 0 saturated heterocycles. The SMILES string of the molecule is COc1cc(C(C)N)cc(OC)c1SCCCCF. The molecule has 0 radical (unpaired) electrons. The van der Waals surface area contributed by atoms with Crippen LogP contribution in [0.25, 0.3) is 0 Å². The molecular weight excluding hydrogens is 265 g/mol. The fraction of sp³-hybridized carbons (Fsp3) is 0.571. The van der Waals surface area contributed by atoms with E-state index in [4.69, 9.17) is 15.2 Å². The van der Waals surface area contributed by atoms with E-state index < -0.39 is 0 Å². The predicted molar refractivity (Wildman–Crippen MR) is 78.1 cm³/mol. The Hall–Kier alpha value is -0.940. The Balaban J connectivity index is 2.93. The number of unbranched alkanes of at least 4 members (excludes halogenated alkanes) is 1. The van der Waals surface area contributed by atoms with Crippen LogP contribution in [0.1, 0.15) is 31.4 Å². The molecule has 0 amide bonds. The summed E-state index contributed by atoms with van der Waals surface area (Å²) in [6.07, 6.45) is 1.43. The lowest BCUT2D eigenvalue weighted by Gasteiger charge is -2.16. The number of ether oxygens (including phenoxy) is 2. The van der Waals surface area contributed by atoms with E-state index in [1.54, 1.807) is 26.0 Å². The number of thioether (sulfide) groups is 1. The van der Waals surface area contributed by atoms with Gasteiger partial charge in [0.05, 0.1) is 25.8 Å². The maximum atomic E-state index is 12.1. The van der Waals surface area contributed by atoms with Gasteiger partial charge in [0.25, 0.3) is 0 Å². The van der Waals surface area contributed by atoms with E-state index in [1.807, 2.05) is 19.1 Å². The van der Waals surface area contributed by atoms with Gasteiger partial charge >= 0.3 is 0 Å². The summed E-state index contributed by atoms with van der Waals surface area (Å²) in [5.74, 6) is 2.36. The Bertz CT molecular complexity index is 374. The Morgan fingerprint density at radius 3 is 2.21 bits per heavy atom. The molecule has 3 nitrogen and oxygen atoms in total. The minimum Gasteiger partial charge on any atom is -0.495 e. The van der Waals surface area contributed by atoms with Crippen molar-refractivity contribution in [2.24, 2.45) is 5.73 Å². The molecule has 0 bridgehead atoms. The highest BCUT2D eigenvalue weighted by Gasteiger charge is 2.14. The van der Waals surface area contributed by atoms with Crippen LogP contribution in [0.3, 0.4) is 0 Å². The summed E-state index contributed by atoms with van der Waals surface area (Å²) in [7, 11) is 3.26. The number of methoxy groups -OCH3 is 2. The molecule has 0 fully saturated rings. The standard InChI is InChI=1S/C14H22FNO2S/c1-10(16)11-8-12(17-2)14(13(9-11)18-3)19-7-5-4-6-15/h8-10H,4-7,16H2,1-3H3. The number of hydrogen-bond donors (Lipinski definition) is 1. The monoisotopic (exact) mass is 287 g/mol. The molecule has 0 aliphatic carbocycles. The molecule has 0 spiro atoms. The molecule has 0 aliphatic heterocycles. The Morgan fingerprint density at radius 2 is 1.79 bits per heavy atom. The number of rotatable bonds is 8. The molecule has 1 rings (SSSR count). The van der Waals surface area contributed by atoms with Crippen LogP contribution in [-0.2, 0) is 0 Å². The van der Waals surface area contributed by atoms with E-state index in [-0.39, 0.29) is 12.7 Å². The van der Waals surface area contributed by atoms with Crippen molar-refractivity contribution in [2.75, 3.05) is 26.6 Å². The van der Waals surface area contributed by atoms with Crippen molar-refractivity contribution in [1.29, 1.82) is 0 Å². The second kappa shape index (κ2) is 8.27. The summed E-state index contributed by atoms with van der Waals surface area (Å²) in [6, 6.07) is 3.79. The van der Waals surface area contributed by atoms with Crippen LogP contribution in [0.15, 0.2) is 17.0 Å². The molecule has 1 aromatic carbocycles. The summed E-state index contributed by atoms with van der Waals surface area (Å²) in [4.78, 5) is 0.952. The molecule has 0 aromatic heterocycles. The van der Waals surface area contributed by atoms with E-state index >= 15 is 0 Å². The van der Waals surface area contributed by atoms with Crippen LogP contribution in [0.2, 0.25) is 0 Å². The number of halogens is 1. The molecule has 0 saturated carbocycles. The predicted octanol–water partition coefficient (Wildman–Crippen LogP) is 3.57. The van der Waals surface area contributed by atoms with Crippen LogP contribution < -0.4 is 15.2 Å². The second-order valence-corrected chi connectivity index (χ2v) is 5.39. The van der Waals surface area contributed by atoms with Gasteiger partial charge < -0.3 is 15.2 Å². The first-order chi connectivity index (χ1) is 9.13. The molecule has 0 heterocycles. The van der Waals surface area contributed by atoms with Gasteiger partial charge in [0.1, 0.15) is 11.5 Å². The van der Waals surface area contributed by atoms with E-state index in [2.05, 4.69) is 0 Å². The van der Waals surface area contributed by atoms with Crippen LogP contribution in [-0.4, -0.2) is 26.6 Å². The topological polar surface area (TPSA) is 44.5 Å². The van der Waals surface area contributed by atoms with E-state index in [1.165, 1.54) is 0 Å². The number of nitrogens with two attached hydrogens (primary N) is 1.